The topological polar surface area (TPSA) is 93.9 Å². The molecule has 174 valence electrons. The highest BCUT2D eigenvalue weighted by molar-refractivity contribution is 7.12. The number of para-hydroxylation sites is 1. The summed E-state index contributed by atoms with van der Waals surface area (Å²) in [5.41, 5.74) is 3.34. The van der Waals surface area contributed by atoms with Crippen LogP contribution in [0.15, 0.2) is 99.3 Å². The number of thiazole rings is 1. The number of hydrogen-bond donors (Lipinski definition) is 1. The first-order valence-electron chi connectivity index (χ1n) is 10.7. The molecule has 3 aromatic carbocycles. The Morgan fingerprint density at radius 2 is 1.66 bits per heavy atom. The van der Waals surface area contributed by atoms with Gasteiger partial charge in [0.1, 0.15) is 17.2 Å². The van der Waals surface area contributed by atoms with Crippen LogP contribution in [0.5, 0.6) is 11.5 Å². The second-order valence-corrected chi connectivity index (χ2v) is 8.30. The molecule has 0 bridgehead atoms. The van der Waals surface area contributed by atoms with E-state index in [0.29, 0.717) is 22.3 Å². The minimum atomic E-state index is -0.353. The number of azo groups is 1. The number of H-pyrrole nitrogens is 1. The molecule has 1 N–H and O–H groups in total. The number of nitrogens with zero attached hydrogens (tertiary/aromatic N) is 4. The molecule has 5 rings (SSSR count). The molecule has 0 saturated carbocycles. The Bertz CT molecular complexity index is 1550. The number of nitrogens with one attached hydrogen (secondary N) is 1. The van der Waals surface area contributed by atoms with E-state index < -0.39 is 0 Å². The van der Waals surface area contributed by atoms with E-state index >= 15 is 0 Å². The van der Waals surface area contributed by atoms with Crippen LogP contribution in [0.4, 0.5) is 11.4 Å². The molecule has 5 aromatic rings. The molecule has 0 amide bonds. The Balaban J connectivity index is 1.60. The van der Waals surface area contributed by atoms with Crippen LogP contribution in [-0.4, -0.2) is 29.0 Å². The number of aromatic nitrogens is 3. The highest BCUT2D eigenvalue weighted by atomic mass is 32.1. The molecule has 0 aliphatic rings. The summed E-state index contributed by atoms with van der Waals surface area (Å²) in [5.74, 6) is 1.30. The Morgan fingerprint density at radius 1 is 0.886 bits per heavy atom. The summed E-state index contributed by atoms with van der Waals surface area (Å²) < 4.78 is 12.1. The highest BCUT2D eigenvalue weighted by Crippen LogP contribution is 2.32. The van der Waals surface area contributed by atoms with Crippen LogP contribution in [0.1, 0.15) is 0 Å². The number of methoxy groups -OCH3 is 2. The van der Waals surface area contributed by atoms with Gasteiger partial charge < -0.3 is 9.47 Å². The van der Waals surface area contributed by atoms with Gasteiger partial charge in [-0.05, 0) is 24.3 Å². The molecule has 0 fully saturated rings. The predicted molar refractivity (Wildman–Crippen MR) is 137 cm³/mol. The summed E-state index contributed by atoms with van der Waals surface area (Å²) in [6.45, 7) is 0. The zero-order valence-corrected chi connectivity index (χ0v) is 19.8. The summed E-state index contributed by atoms with van der Waals surface area (Å²) in [7, 11) is 3.19. The van der Waals surface area contributed by atoms with Crippen molar-refractivity contribution in [1.82, 2.24) is 14.8 Å². The summed E-state index contributed by atoms with van der Waals surface area (Å²) in [4.78, 5) is 18.2. The average Bonchev–Trinajstić information content (AvgIpc) is 3.53. The first-order chi connectivity index (χ1) is 17.2. The van der Waals surface area contributed by atoms with Gasteiger partial charge in [-0.1, -0.05) is 54.6 Å². The molecule has 0 aliphatic heterocycles. The lowest BCUT2D eigenvalue weighted by molar-refractivity contribution is 0.415. The van der Waals surface area contributed by atoms with E-state index in [1.54, 1.807) is 26.4 Å². The maximum atomic E-state index is 13.5. The van der Waals surface area contributed by atoms with E-state index in [1.165, 1.54) is 16.0 Å². The fraction of sp³-hybridized carbons (Fsp3) is 0.0769. The lowest BCUT2D eigenvalue weighted by Crippen LogP contribution is -2.13. The minimum absolute atomic E-state index is 0.181. The van der Waals surface area contributed by atoms with Gasteiger partial charge in [-0.15, -0.1) is 21.6 Å². The Morgan fingerprint density at radius 3 is 2.46 bits per heavy atom. The monoisotopic (exact) mass is 483 g/mol. The van der Waals surface area contributed by atoms with Crippen LogP contribution >= 0.6 is 11.3 Å². The number of rotatable bonds is 7. The van der Waals surface area contributed by atoms with E-state index in [9.17, 15) is 4.79 Å². The van der Waals surface area contributed by atoms with E-state index in [-0.39, 0.29) is 11.2 Å². The molecule has 9 heteroatoms. The van der Waals surface area contributed by atoms with Crippen LogP contribution in [0.25, 0.3) is 27.6 Å². The van der Waals surface area contributed by atoms with Crippen molar-refractivity contribution in [3.63, 3.8) is 0 Å². The average molecular weight is 484 g/mol. The normalized spacial score (nSPS) is 11.1. The molecule has 0 saturated heterocycles. The van der Waals surface area contributed by atoms with Crippen LogP contribution < -0.4 is 15.0 Å². The van der Waals surface area contributed by atoms with Crippen LogP contribution in [0.3, 0.4) is 0 Å². The highest BCUT2D eigenvalue weighted by Gasteiger charge is 2.19. The van der Waals surface area contributed by atoms with Crippen molar-refractivity contribution in [2.45, 2.75) is 0 Å². The van der Waals surface area contributed by atoms with Crippen LogP contribution in [0.2, 0.25) is 0 Å². The molecule has 0 radical (unpaired) electrons. The molecule has 0 atom stereocenters. The van der Waals surface area contributed by atoms with Gasteiger partial charge in [0.2, 0.25) is 5.13 Å². The summed E-state index contributed by atoms with van der Waals surface area (Å²) >= 11 is 1.35. The minimum Gasteiger partial charge on any atom is -0.497 e. The van der Waals surface area contributed by atoms with Gasteiger partial charge in [-0.2, -0.15) is 4.68 Å². The SMILES string of the molecule is COc1cccc(-c2csc(-n3[nH]c(-c4ccccc4)c(N=Nc4ccccc4OC)c3=O)n2)c1. The van der Waals surface area contributed by atoms with Gasteiger partial charge >= 0.3 is 5.56 Å². The lowest BCUT2D eigenvalue weighted by atomic mass is 10.1. The largest absolute Gasteiger partial charge is 0.497 e. The fourth-order valence-electron chi connectivity index (χ4n) is 3.56. The van der Waals surface area contributed by atoms with Gasteiger partial charge in [0, 0.05) is 16.5 Å². The van der Waals surface area contributed by atoms with E-state index in [0.717, 1.165) is 22.6 Å². The van der Waals surface area contributed by atoms with Crippen molar-refractivity contribution in [1.29, 1.82) is 0 Å². The van der Waals surface area contributed by atoms with Gasteiger partial charge in [0.25, 0.3) is 0 Å². The number of ether oxygens (including phenoxy) is 2. The first kappa shape index (κ1) is 22.3. The molecule has 0 aliphatic carbocycles. The van der Waals surface area contributed by atoms with Crippen molar-refractivity contribution < 1.29 is 9.47 Å². The smallest absolute Gasteiger partial charge is 0.301 e. The maximum absolute atomic E-state index is 13.5. The zero-order valence-electron chi connectivity index (χ0n) is 19.0. The van der Waals surface area contributed by atoms with E-state index in [2.05, 4.69) is 20.3 Å². The second kappa shape index (κ2) is 9.78. The maximum Gasteiger partial charge on any atom is 0.301 e. The van der Waals surface area contributed by atoms with Crippen molar-refractivity contribution in [3.8, 4) is 39.1 Å². The second-order valence-electron chi connectivity index (χ2n) is 7.46. The summed E-state index contributed by atoms with van der Waals surface area (Å²) in [6, 6.07) is 24.4. The fourth-order valence-corrected chi connectivity index (χ4v) is 4.35. The van der Waals surface area contributed by atoms with Crippen LogP contribution in [-0.2, 0) is 0 Å². The number of aromatic amines is 1. The summed E-state index contributed by atoms with van der Waals surface area (Å²) in [5, 5.41) is 14.2. The number of hydrogen-bond acceptors (Lipinski definition) is 7. The molecule has 0 spiro atoms. The quantitative estimate of drug-likeness (QED) is 0.272. The van der Waals surface area contributed by atoms with Crippen LogP contribution in [0, 0.1) is 0 Å². The molecular weight excluding hydrogens is 462 g/mol. The third-order valence-electron chi connectivity index (χ3n) is 5.32. The van der Waals surface area contributed by atoms with Gasteiger partial charge in [0.15, 0.2) is 5.69 Å². The van der Waals surface area contributed by atoms with Crippen molar-refractivity contribution in [3.05, 3.63) is 94.6 Å². The molecular formula is C26H21N5O3S. The van der Waals surface area contributed by atoms with Crippen molar-refractivity contribution in [2.75, 3.05) is 14.2 Å². The van der Waals surface area contributed by atoms with Crippen molar-refractivity contribution >= 4 is 22.7 Å². The van der Waals surface area contributed by atoms with Gasteiger partial charge in [-0.25, -0.2) is 4.98 Å². The molecule has 35 heavy (non-hydrogen) atoms. The summed E-state index contributed by atoms with van der Waals surface area (Å²) in [6.07, 6.45) is 0. The predicted octanol–water partition coefficient (Wildman–Crippen LogP) is 6.39. The Kier molecular flexibility index (Phi) is 6.23. The molecule has 0 unspecified atom stereocenters. The van der Waals surface area contributed by atoms with Crippen molar-refractivity contribution in [2.24, 2.45) is 10.2 Å². The lowest BCUT2D eigenvalue weighted by Gasteiger charge is -2.02. The molecule has 2 aromatic heterocycles. The Labute approximate surface area is 205 Å². The molecule has 2 heterocycles. The molecule has 8 nitrogen and oxygen atoms in total. The van der Waals surface area contributed by atoms with E-state index in [1.807, 2.05) is 72.1 Å². The third-order valence-corrected chi connectivity index (χ3v) is 6.15. The van der Waals surface area contributed by atoms with E-state index in [4.69, 9.17) is 9.47 Å². The first-order valence-corrected chi connectivity index (χ1v) is 11.6. The number of benzene rings is 3. The van der Waals surface area contributed by atoms with Gasteiger partial charge in [-0.3, -0.25) is 9.89 Å². The Hall–Kier alpha value is -4.50. The van der Waals surface area contributed by atoms with Gasteiger partial charge in [0.05, 0.1) is 25.6 Å². The zero-order chi connectivity index (χ0) is 24.2. The standard InChI is InChI=1S/C26H21N5O3S/c1-33-19-12-8-11-18(15-19)21-16-35-26(27-21)31-25(32)24(23(30-31)17-9-4-3-5-10-17)29-28-20-13-6-7-14-22(20)34-2/h3-16,30H,1-2H3. The third kappa shape index (κ3) is 4.49.